The lowest BCUT2D eigenvalue weighted by molar-refractivity contribution is 0.196. The van der Waals surface area contributed by atoms with E-state index in [1.54, 1.807) is 7.11 Å². The molecule has 2 aliphatic rings. The Labute approximate surface area is 135 Å². The predicted octanol–water partition coefficient (Wildman–Crippen LogP) is 3.63. The number of methoxy groups -OCH3 is 1. The van der Waals surface area contributed by atoms with Crippen molar-refractivity contribution in [1.29, 1.82) is 0 Å². The summed E-state index contributed by atoms with van der Waals surface area (Å²) < 4.78 is 5.22. The van der Waals surface area contributed by atoms with Crippen LogP contribution in [0.25, 0.3) is 0 Å². The van der Waals surface area contributed by atoms with Crippen molar-refractivity contribution in [2.45, 2.75) is 57.5 Å². The van der Waals surface area contributed by atoms with Gasteiger partial charge < -0.3 is 15.0 Å². The predicted molar refractivity (Wildman–Crippen MR) is 92.7 cm³/mol. The van der Waals surface area contributed by atoms with Crippen LogP contribution in [0.1, 0.15) is 57.2 Å². The molecule has 1 fully saturated rings. The molecule has 0 saturated heterocycles. The molecule has 3 nitrogen and oxygen atoms in total. The largest absolute Gasteiger partial charge is 0.385 e. The van der Waals surface area contributed by atoms with Gasteiger partial charge in [-0.3, -0.25) is 0 Å². The number of hydrogen-bond acceptors (Lipinski definition) is 3. The lowest BCUT2D eigenvalue weighted by Gasteiger charge is -2.22. The van der Waals surface area contributed by atoms with Gasteiger partial charge >= 0.3 is 0 Å². The average Bonchev–Trinajstić information content (AvgIpc) is 3.25. The normalized spacial score (nSPS) is 21.0. The zero-order valence-electron chi connectivity index (χ0n) is 14.5. The first-order chi connectivity index (χ1) is 10.5. The number of benzene rings is 1. The second kappa shape index (κ2) is 6.21. The van der Waals surface area contributed by atoms with E-state index < -0.39 is 0 Å². The molecule has 1 aromatic carbocycles. The number of hydrogen-bond donors (Lipinski definition) is 1. The minimum Gasteiger partial charge on any atom is -0.385 e. The Morgan fingerprint density at radius 3 is 2.82 bits per heavy atom. The standard InChI is InChI=1S/C19H30N2O/c1-14(20-16-7-8-16)15-6-9-17-18(12-15)21(10-5-11-22-4)13-19(17,2)3/h6,9,12,14,16,20H,5,7-8,10-11,13H2,1-4H3. The van der Waals surface area contributed by atoms with Gasteiger partial charge in [0.2, 0.25) is 0 Å². The summed E-state index contributed by atoms with van der Waals surface area (Å²) in [5.74, 6) is 0. The first kappa shape index (κ1) is 15.8. The molecule has 0 radical (unpaired) electrons. The van der Waals surface area contributed by atoms with Crippen LogP contribution < -0.4 is 10.2 Å². The molecule has 0 spiro atoms. The molecule has 0 amide bonds. The molecule has 1 atom stereocenters. The minimum absolute atomic E-state index is 0.244. The van der Waals surface area contributed by atoms with Gasteiger partial charge in [0.25, 0.3) is 0 Å². The number of rotatable bonds is 7. The molecule has 1 aromatic rings. The summed E-state index contributed by atoms with van der Waals surface area (Å²) >= 11 is 0. The third-order valence-electron chi connectivity index (χ3n) is 5.02. The smallest absolute Gasteiger partial charge is 0.0479 e. The first-order valence-electron chi connectivity index (χ1n) is 8.65. The third-order valence-corrected chi connectivity index (χ3v) is 5.02. The SMILES string of the molecule is COCCCN1CC(C)(C)c2ccc(C(C)NC3CC3)cc21. The highest BCUT2D eigenvalue weighted by atomic mass is 16.5. The lowest BCUT2D eigenvalue weighted by Crippen LogP contribution is -2.29. The Balaban J connectivity index is 1.79. The number of nitrogens with one attached hydrogen (secondary N) is 1. The topological polar surface area (TPSA) is 24.5 Å². The monoisotopic (exact) mass is 302 g/mol. The Bertz CT molecular complexity index is 522. The maximum atomic E-state index is 5.22. The van der Waals surface area contributed by atoms with Gasteiger partial charge in [0.15, 0.2) is 0 Å². The van der Waals surface area contributed by atoms with Crippen molar-refractivity contribution >= 4 is 5.69 Å². The van der Waals surface area contributed by atoms with E-state index in [1.165, 1.54) is 29.7 Å². The molecular weight excluding hydrogens is 272 g/mol. The van der Waals surface area contributed by atoms with Crippen LogP contribution in [0.3, 0.4) is 0 Å². The average molecular weight is 302 g/mol. The second-order valence-electron chi connectivity index (χ2n) is 7.59. The number of ether oxygens (including phenoxy) is 1. The second-order valence-corrected chi connectivity index (χ2v) is 7.59. The van der Waals surface area contributed by atoms with Crippen molar-refractivity contribution in [1.82, 2.24) is 5.32 Å². The number of nitrogens with zero attached hydrogens (tertiary/aromatic N) is 1. The van der Waals surface area contributed by atoms with Crippen molar-refractivity contribution in [3.63, 3.8) is 0 Å². The summed E-state index contributed by atoms with van der Waals surface area (Å²) in [6.45, 7) is 10.0. The zero-order valence-corrected chi connectivity index (χ0v) is 14.5. The van der Waals surface area contributed by atoms with Crippen LogP contribution in [0.2, 0.25) is 0 Å². The minimum atomic E-state index is 0.244. The van der Waals surface area contributed by atoms with Gasteiger partial charge in [-0.1, -0.05) is 26.0 Å². The molecule has 3 rings (SSSR count). The van der Waals surface area contributed by atoms with Crippen LogP contribution in [-0.2, 0) is 10.2 Å². The lowest BCUT2D eigenvalue weighted by atomic mass is 9.86. The molecule has 3 heteroatoms. The van der Waals surface area contributed by atoms with E-state index in [1.807, 2.05) is 0 Å². The van der Waals surface area contributed by atoms with E-state index in [0.29, 0.717) is 6.04 Å². The number of fused-ring (bicyclic) bond motifs is 1. The van der Waals surface area contributed by atoms with E-state index >= 15 is 0 Å². The van der Waals surface area contributed by atoms with Crippen LogP contribution in [0.5, 0.6) is 0 Å². The highest BCUT2D eigenvalue weighted by molar-refractivity contribution is 5.63. The molecule has 1 aliphatic heterocycles. The Kier molecular flexibility index (Phi) is 4.47. The van der Waals surface area contributed by atoms with Crippen molar-refractivity contribution in [2.75, 3.05) is 31.7 Å². The highest BCUT2D eigenvalue weighted by Crippen LogP contribution is 2.41. The van der Waals surface area contributed by atoms with Gasteiger partial charge in [-0.15, -0.1) is 0 Å². The van der Waals surface area contributed by atoms with E-state index in [4.69, 9.17) is 4.74 Å². The van der Waals surface area contributed by atoms with Crippen molar-refractivity contribution < 1.29 is 4.74 Å². The molecular formula is C19H30N2O. The van der Waals surface area contributed by atoms with Crippen LogP contribution in [-0.4, -0.2) is 32.8 Å². The fourth-order valence-electron chi connectivity index (χ4n) is 3.60. The van der Waals surface area contributed by atoms with E-state index in [0.717, 1.165) is 32.2 Å². The van der Waals surface area contributed by atoms with Gasteiger partial charge in [0, 0.05) is 50.0 Å². The summed E-state index contributed by atoms with van der Waals surface area (Å²) in [7, 11) is 1.78. The van der Waals surface area contributed by atoms with Crippen LogP contribution >= 0.6 is 0 Å². The molecule has 22 heavy (non-hydrogen) atoms. The van der Waals surface area contributed by atoms with Crippen molar-refractivity contribution in [2.24, 2.45) is 0 Å². The van der Waals surface area contributed by atoms with E-state index in [2.05, 4.69) is 49.2 Å². The molecule has 1 saturated carbocycles. The van der Waals surface area contributed by atoms with E-state index in [-0.39, 0.29) is 5.41 Å². The summed E-state index contributed by atoms with van der Waals surface area (Å²) in [4.78, 5) is 2.54. The summed E-state index contributed by atoms with van der Waals surface area (Å²) in [5.41, 5.74) is 4.59. The summed E-state index contributed by atoms with van der Waals surface area (Å²) in [5, 5.41) is 3.71. The molecule has 1 unspecified atom stereocenters. The van der Waals surface area contributed by atoms with Crippen LogP contribution in [0.15, 0.2) is 18.2 Å². The van der Waals surface area contributed by atoms with Gasteiger partial charge in [-0.05, 0) is 43.4 Å². The maximum Gasteiger partial charge on any atom is 0.0479 e. The molecule has 0 aromatic heterocycles. The number of anilines is 1. The third kappa shape index (κ3) is 3.31. The van der Waals surface area contributed by atoms with Crippen molar-refractivity contribution in [3.8, 4) is 0 Å². The van der Waals surface area contributed by atoms with Crippen molar-refractivity contribution in [3.05, 3.63) is 29.3 Å². The van der Waals surface area contributed by atoms with E-state index in [9.17, 15) is 0 Å². The maximum absolute atomic E-state index is 5.22. The zero-order chi connectivity index (χ0) is 15.7. The molecule has 1 aliphatic carbocycles. The fraction of sp³-hybridized carbons (Fsp3) is 0.684. The van der Waals surface area contributed by atoms with Crippen LogP contribution in [0, 0.1) is 0 Å². The van der Waals surface area contributed by atoms with Gasteiger partial charge in [-0.2, -0.15) is 0 Å². The molecule has 0 bridgehead atoms. The summed E-state index contributed by atoms with van der Waals surface area (Å²) in [6.07, 6.45) is 3.77. The van der Waals surface area contributed by atoms with Crippen LogP contribution in [0.4, 0.5) is 5.69 Å². The first-order valence-corrected chi connectivity index (χ1v) is 8.65. The Morgan fingerprint density at radius 1 is 1.36 bits per heavy atom. The Morgan fingerprint density at radius 2 is 2.14 bits per heavy atom. The fourth-order valence-corrected chi connectivity index (χ4v) is 3.60. The quantitative estimate of drug-likeness (QED) is 0.778. The molecule has 1 N–H and O–H groups in total. The summed E-state index contributed by atoms with van der Waals surface area (Å²) in [6, 6.07) is 8.28. The molecule has 122 valence electrons. The Hall–Kier alpha value is -1.06. The highest BCUT2D eigenvalue weighted by Gasteiger charge is 2.35. The van der Waals surface area contributed by atoms with Gasteiger partial charge in [0.1, 0.15) is 0 Å². The van der Waals surface area contributed by atoms with Gasteiger partial charge in [0.05, 0.1) is 0 Å². The molecule has 1 heterocycles. The van der Waals surface area contributed by atoms with Gasteiger partial charge in [-0.25, -0.2) is 0 Å².